The van der Waals surface area contributed by atoms with Crippen molar-refractivity contribution < 1.29 is 0 Å². The van der Waals surface area contributed by atoms with Crippen molar-refractivity contribution in [2.75, 3.05) is 0 Å². The molecular formula is C22H12I2. The maximum absolute atomic E-state index is 3.44. The van der Waals surface area contributed by atoms with Crippen molar-refractivity contribution in [2.45, 2.75) is 0 Å². The van der Waals surface area contributed by atoms with Crippen LogP contribution in [0.4, 0.5) is 0 Å². The standard InChI is InChI=1S/C22H12I2/c23-21-10-4-8-16-18(13-12-15-6-2-1-3-7-15)17-9-5-11-22(24)20(17)14-19(16)21/h1-11,14H. The Morgan fingerprint density at radius 1 is 0.542 bits per heavy atom. The summed E-state index contributed by atoms with van der Waals surface area (Å²) in [6.45, 7) is 0. The summed E-state index contributed by atoms with van der Waals surface area (Å²) in [6, 6.07) is 25.3. The van der Waals surface area contributed by atoms with Crippen LogP contribution < -0.4 is 0 Å². The summed E-state index contributed by atoms with van der Waals surface area (Å²) in [5.41, 5.74) is 2.15. The fraction of sp³-hybridized carbons (Fsp3) is 0. The molecule has 0 fully saturated rings. The topological polar surface area (TPSA) is 0 Å². The highest BCUT2D eigenvalue weighted by atomic mass is 127. The Labute approximate surface area is 168 Å². The molecule has 0 atom stereocenters. The normalized spacial score (nSPS) is 10.6. The van der Waals surface area contributed by atoms with E-state index < -0.39 is 0 Å². The van der Waals surface area contributed by atoms with Crippen molar-refractivity contribution in [1.82, 2.24) is 0 Å². The molecule has 0 unspecified atom stereocenters. The third-order valence-corrected chi connectivity index (χ3v) is 5.92. The zero-order valence-electron chi connectivity index (χ0n) is 12.7. The van der Waals surface area contributed by atoms with E-state index in [1.54, 1.807) is 0 Å². The van der Waals surface area contributed by atoms with Gasteiger partial charge in [0.25, 0.3) is 0 Å². The molecule has 0 N–H and O–H groups in total. The second-order valence-electron chi connectivity index (χ2n) is 5.54. The summed E-state index contributed by atoms with van der Waals surface area (Å²) >= 11 is 4.82. The summed E-state index contributed by atoms with van der Waals surface area (Å²) in [4.78, 5) is 0. The Morgan fingerprint density at radius 2 is 1.12 bits per heavy atom. The lowest BCUT2D eigenvalue weighted by atomic mass is 9.97. The van der Waals surface area contributed by atoms with Crippen molar-refractivity contribution in [2.24, 2.45) is 0 Å². The third kappa shape index (κ3) is 2.91. The molecule has 0 heterocycles. The van der Waals surface area contributed by atoms with Crippen molar-refractivity contribution in [1.29, 1.82) is 0 Å². The van der Waals surface area contributed by atoms with Gasteiger partial charge in [-0.2, -0.15) is 0 Å². The van der Waals surface area contributed by atoms with E-state index >= 15 is 0 Å². The van der Waals surface area contributed by atoms with Gasteiger partial charge in [0.05, 0.1) is 0 Å². The molecule has 24 heavy (non-hydrogen) atoms. The van der Waals surface area contributed by atoms with Crippen LogP contribution in [0.1, 0.15) is 11.1 Å². The maximum atomic E-state index is 3.44. The van der Waals surface area contributed by atoms with Gasteiger partial charge >= 0.3 is 0 Å². The van der Waals surface area contributed by atoms with Gasteiger partial charge in [0.1, 0.15) is 0 Å². The molecular weight excluding hydrogens is 518 g/mol. The number of rotatable bonds is 0. The van der Waals surface area contributed by atoms with Crippen LogP contribution >= 0.6 is 45.2 Å². The number of benzene rings is 4. The van der Waals surface area contributed by atoms with E-state index in [4.69, 9.17) is 0 Å². The van der Waals surface area contributed by atoms with Crippen LogP contribution in [0.3, 0.4) is 0 Å². The van der Waals surface area contributed by atoms with Gasteiger partial charge in [-0.3, -0.25) is 0 Å². The van der Waals surface area contributed by atoms with E-state index in [1.165, 1.54) is 28.7 Å². The molecule has 0 bridgehead atoms. The Morgan fingerprint density at radius 3 is 1.71 bits per heavy atom. The van der Waals surface area contributed by atoms with E-state index in [0.29, 0.717) is 0 Å². The van der Waals surface area contributed by atoms with E-state index in [0.717, 1.165) is 11.1 Å². The van der Waals surface area contributed by atoms with Gasteiger partial charge in [-0.05, 0) is 97.1 Å². The van der Waals surface area contributed by atoms with Gasteiger partial charge in [0.2, 0.25) is 0 Å². The zero-order chi connectivity index (χ0) is 16.5. The molecule has 0 saturated heterocycles. The van der Waals surface area contributed by atoms with Crippen LogP contribution in [-0.2, 0) is 0 Å². The summed E-state index contributed by atoms with van der Waals surface area (Å²) in [6.07, 6.45) is 0. The highest BCUT2D eigenvalue weighted by Gasteiger charge is 2.09. The van der Waals surface area contributed by atoms with Crippen LogP contribution in [0.25, 0.3) is 21.5 Å². The third-order valence-electron chi connectivity index (χ3n) is 4.04. The summed E-state index contributed by atoms with van der Waals surface area (Å²) in [7, 11) is 0. The van der Waals surface area contributed by atoms with Crippen molar-refractivity contribution in [3.05, 3.63) is 91.1 Å². The summed E-state index contributed by atoms with van der Waals surface area (Å²) in [5, 5.41) is 4.99. The smallest absolute Gasteiger partial charge is 0.0406 e. The van der Waals surface area contributed by atoms with E-state index in [1.807, 2.05) is 30.3 Å². The summed E-state index contributed by atoms with van der Waals surface area (Å²) < 4.78 is 2.52. The van der Waals surface area contributed by atoms with Gasteiger partial charge < -0.3 is 0 Å². The fourth-order valence-electron chi connectivity index (χ4n) is 2.88. The quantitative estimate of drug-likeness (QED) is 0.137. The van der Waals surface area contributed by atoms with Gasteiger partial charge in [-0.1, -0.05) is 54.3 Å². The van der Waals surface area contributed by atoms with Crippen LogP contribution in [-0.4, -0.2) is 0 Å². The predicted octanol–water partition coefficient (Wildman–Crippen LogP) is 6.60. The first-order valence-electron chi connectivity index (χ1n) is 7.60. The van der Waals surface area contributed by atoms with Gasteiger partial charge in [-0.15, -0.1) is 0 Å². The molecule has 0 spiro atoms. The Hall–Kier alpha value is -1.58. The fourth-order valence-corrected chi connectivity index (χ4v) is 4.19. The van der Waals surface area contributed by atoms with E-state index in [2.05, 4.69) is 99.5 Å². The average molecular weight is 530 g/mol. The van der Waals surface area contributed by atoms with Crippen molar-refractivity contribution >= 4 is 66.7 Å². The molecule has 0 aromatic heterocycles. The molecule has 114 valence electrons. The molecule has 4 aromatic carbocycles. The van der Waals surface area contributed by atoms with E-state index in [-0.39, 0.29) is 0 Å². The van der Waals surface area contributed by atoms with Gasteiger partial charge in [-0.25, -0.2) is 0 Å². The zero-order valence-corrected chi connectivity index (χ0v) is 17.0. The minimum Gasteiger partial charge on any atom is -0.0622 e. The van der Waals surface area contributed by atoms with Crippen LogP contribution in [0.5, 0.6) is 0 Å². The van der Waals surface area contributed by atoms with E-state index in [9.17, 15) is 0 Å². The van der Waals surface area contributed by atoms with Crippen LogP contribution in [0, 0.1) is 19.0 Å². The lowest BCUT2D eigenvalue weighted by molar-refractivity contribution is 1.64. The Bertz CT molecular complexity index is 1060. The van der Waals surface area contributed by atoms with Gasteiger partial charge in [0.15, 0.2) is 0 Å². The molecule has 0 saturated carbocycles. The van der Waals surface area contributed by atoms with Crippen molar-refractivity contribution in [3.8, 4) is 11.8 Å². The lowest BCUT2D eigenvalue weighted by Gasteiger charge is -2.09. The minimum absolute atomic E-state index is 1.04. The number of halogens is 2. The number of fused-ring (bicyclic) bond motifs is 2. The monoisotopic (exact) mass is 530 g/mol. The number of hydrogen-bond donors (Lipinski definition) is 0. The molecule has 0 nitrogen and oxygen atoms in total. The SMILES string of the molecule is Ic1cccc2c(C#Cc3ccccc3)c3cccc(I)c3cc12. The molecule has 0 aliphatic rings. The highest BCUT2D eigenvalue weighted by molar-refractivity contribution is 14.1. The average Bonchev–Trinajstić information content (AvgIpc) is 2.61. The molecule has 2 heteroatoms. The molecule has 4 rings (SSSR count). The number of hydrogen-bond acceptors (Lipinski definition) is 0. The maximum Gasteiger partial charge on any atom is 0.0406 e. The molecule has 0 radical (unpaired) electrons. The second kappa shape index (κ2) is 6.73. The van der Waals surface area contributed by atoms with Gasteiger partial charge in [0, 0.05) is 18.3 Å². The van der Waals surface area contributed by atoms with Crippen molar-refractivity contribution in [3.63, 3.8) is 0 Å². The first kappa shape index (κ1) is 15.9. The first-order chi connectivity index (χ1) is 11.7. The van der Waals surface area contributed by atoms with Crippen LogP contribution in [0.15, 0.2) is 72.8 Å². The Balaban J connectivity index is 2.09. The Kier molecular flexibility index (Phi) is 4.47. The molecule has 0 aliphatic heterocycles. The predicted molar refractivity (Wildman–Crippen MR) is 119 cm³/mol. The molecule has 0 aliphatic carbocycles. The molecule has 4 aromatic rings. The second-order valence-corrected chi connectivity index (χ2v) is 7.86. The molecule has 0 amide bonds. The largest absolute Gasteiger partial charge is 0.0622 e. The minimum atomic E-state index is 1.04. The highest BCUT2D eigenvalue weighted by Crippen LogP contribution is 2.32. The summed E-state index contributed by atoms with van der Waals surface area (Å²) in [5.74, 6) is 6.77. The lowest BCUT2D eigenvalue weighted by Crippen LogP contribution is -1.89. The van der Waals surface area contributed by atoms with Crippen LogP contribution in [0.2, 0.25) is 0 Å². The first-order valence-corrected chi connectivity index (χ1v) is 9.76.